The van der Waals surface area contributed by atoms with Crippen LogP contribution in [-0.4, -0.2) is 10.9 Å². The fourth-order valence-corrected chi connectivity index (χ4v) is 1.54. The zero-order valence-corrected chi connectivity index (χ0v) is 9.77. The van der Waals surface area contributed by atoms with Crippen LogP contribution in [0.2, 0.25) is 0 Å². The molecule has 0 aliphatic heterocycles. The van der Waals surface area contributed by atoms with Gasteiger partial charge in [-0.2, -0.15) is 0 Å². The van der Waals surface area contributed by atoms with Crippen LogP contribution in [0.25, 0.3) is 0 Å². The number of hydrogen-bond acceptors (Lipinski definition) is 3. The zero-order chi connectivity index (χ0) is 13.1. The van der Waals surface area contributed by atoms with E-state index in [0.717, 1.165) is 6.20 Å². The summed E-state index contributed by atoms with van der Waals surface area (Å²) in [5, 5.41) is 2.89. The van der Waals surface area contributed by atoms with Crippen LogP contribution in [0.5, 0.6) is 0 Å². The highest BCUT2D eigenvalue weighted by atomic mass is 19.1. The maximum Gasteiger partial charge on any atom is 0.248 e. The lowest BCUT2D eigenvalue weighted by Crippen LogP contribution is -2.10. The smallest absolute Gasteiger partial charge is 0.248 e. The van der Waals surface area contributed by atoms with Crippen molar-refractivity contribution in [1.82, 2.24) is 4.98 Å². The molecule has 1 amide bonds. The van der Waals surface area contributed by atoms with Crippen LogP contribution in [0, 0.1) is 12.7 Å². The number of nitrogens with zero attached hydrogens (tertiary/aromatic N) is 1. The quantitative estimate of drug-likeness (QED) is 0.872. The molecule has 0 unspecified atom stereocenters. The third-order valence-electron chi connectivity index (χ3n) is 2.42. The van der Waals surface area contributed by atoms with Gasteiger partial charge in [0.25, 0.3) is 0 Å². The number of nitrogens with two attached hydrogens (primary N) is 1. The molecule has 92 valence electrons. The fraction of sp³-hybridized carbons (Fsp3) is 0.0769. The minimum atomic E-state index is -0.523. The van der Waals surface area contributed by atoms with E-state index in [1.165, 1.54) is 0 Å². The highest BCUT2D eigenvalue weighted by Gasteiger charge is 2.05. The summed E-state index contributed by atoms with van der Waals surface area (Å²) in [5.74, 6) is -0.977. The Morgan fingerprint density at radius 2 is 2.17 bits per heavy atom. The van der Waals surface area contributed by atoms with E-state index in [4.69, 9.17) is 5.73 Å². The number of amides is 1. The van der Waals surface area contributed by atoms with Crippen molar-refractivity contribution in [3.8, 4) is 0 Å². The number of aromatic nitrogens is 1. The number of carbonyl (C=O) groups is 1. The number of hydrogen-bond donors (Lipinski definition) is 2. The van der Waals surface area contributed by atoms with E-state index in [0.29, 0.717) is 22.6 Å². The highest BCUT2D eigenvalue weighted by molar-refractivity contribution is 5.93. The van der Waals surface area contributed by atoms with Crippen LogP contribution >= 0.6 is 0 Å². The first-order chi connectivity index (χ1) is 8.56. The van der Waals surface area contributed by atoms with Gasteiger partial charge in [-0.1, -0.05) is 6.07 Å². The maximum absolute atomic E-state index is 13.5. The predicted octanol–water partition coefficient (Wildman–Crippen LogP) is 2.37. The largest absolute Gasteiger partial charge is 0.366 e. The molecule has 0 atom stereocenters. The molecule has 0 saturated heterocycles. The third-order valence-corrected chi connectivity index (χ3v) is 2.42. The molecule has 0 aliphatic rings. The van der Waals surface area contributed by atoms with Crippen LogP contribution < -0.4 is 11.1 Å². The van der Waals surface area contributed by atoms with Gasteiger partial charge in [0.2, 0.25) is 5.91 Å². The summed E-state index contributed by atoms with van der Waals surface area (Å²) in [6.07, 6.45) is 1.15. The Morgan fingerprint density at radius 1 is 1.39 bits per heavy atom. The van der Waals surface area contributed by atoms with Crippen molar-refractivity contribution in [2.24, 2.45) is 5.73 Å². The average Bonchev–Trinajstić information content (AvgIpc) is 2.34. The SMILES string of the molecule is Cc1cc(Nc2cccc(C(N)=O)c2)c(F)cn1. The van der Waals surface area contributed by atoms with Crippen molar-refractivity contribution < 1.29 is 9.18 Å². The highest BCUT2D eigenvalue weighted by Crippen LogP contribution is 2.20. The second-order valence-electron chi connectivity index (χ2n) is 3.88. The second-order valence-corrected chi connectivity index (χ2v) is 3.88. The van der Waals surface area contributed by atoms with Crippen molar-refractivity contribution in [2.75, 3.05) is 5.32 Å². The molecule has 4 nitrogen and oxygen atoms in total. The Morgan fingerprint density at radius 3 is 2.89 bits per heavy atom. The molecular formula is C13H12FN3O. The first-order valence-corrected chi connectivity index (χ1v) is 5.35. The molecule has 0 spiro atoms. The summed E-state index contributed by atoms with van der Waals surface area (Å²) in [6, 6.07) is 8.15. The van der Waals surface area contributed by atoms with Crippen molar-refractivity contribution in [3.63, 3.8) is 0 Å². The summed E-state index contributed by atoms with van der Waals surface area (Å²) in [6.45, 7) is 1.77. The minimum absolute atomic E-state index is 0.309. The van der Waals surface area contributed by atoms with E-state index in [2.05, 4.69) is 10.3 Å². The van der Waals surface area contributed by atoms with Crippen LogP contribution in [0.15, 0.2) is 36.5 Å². The van der Waals surface area contributed by atoms with Gasteiger partial charge in [0, 0.05) is 16.9 Å². The lowest BCUT2D eigenvalue weighted by atomic mass is 10.2. The van der Waals surface area contributed by atoms with Gasteiger partial charge >= 0.3 is 0 Å². The number of rotatable bonds is 3. The normalized spacial score (nSPS) is 10.1. The summed E-state index contributed by atoms with van der Waals surface area (Å²) < 4.78 is 13.5. The molecule has 0 radical (unpaired) electrons. The third kappa shape index (κ3) is 2.63. The van der Waals surface area contributed by atoms with Gasteiger partial charge in [0.1, 0.15) is 0 Å². The number of carbonyl (C=O) groups excluding carboxylic acids is 1. The van der Waals surface area contributed by atoms with Crippen molar-refractivity contribution in [1.29, 1.82) is 0 Å². The Bertz CT molecular complexity index is 599. The van der Waals surface area contributed by atoms with Crippen molar-refractivity contribution in [3.05, 3.63) is 53.6 Å². The van der Waals surface area contributed by atoms with E-state index < -0.39 is 11.7 Å². The molecule has 0 aliphatic carbocycles. The topological polar surface area (TPSA) is 68.0 Å². The van der Waals surface area contributed by atoms with E-state index in [9.17, 15) is 9.18 Å². The Kier molecular flexibility index (Phi) is 3.23. The van der Waals surface area contributed by atoms with Crippen LogP contribution in [0.4, 0.5) is 15.8 Å². The summed E-state index contributed by atoms with van der Waals surface area (Å²) in [7, 11) is 0. The average molecular weight is 245 g/mol. The van der Waals surface area contributed by atoms with Gasteiger partial charge in [-0.15, -0.1) is 0 Å². The minimum Gasteiger partial charge on any atom is -0.366 e. The molecule has 0 bridgehead atoms. The Balaban J connectivity index is 2.31. The lowest BCUT2D eigenvalue weighted by molar-refractivity contribution is 0.100. The fourth-order valence-electron chi connectivity index (χ4n) is 1.54. The number of anilines is 2. The maximum atomic E-state index is 13.5. The number of primary amides is 1. The van der Waals surface area contributed by atoms with Gasteiger partial charge in [0.05, 0.1) is 11.9 Å². The van der Waals surface area contributed by atoms with Crippen molar-refractivity contribution >= 4 is 17.3 Å². The Hall–Kier alpha value is -2.43. The van der Waals surface area contributed by atoms with Crippen LogP contribution in [-0.2, 0) is 0 Å². The van der Waals surface area contributed by atoms with Crippen LogP contribution in [0.1, 0.15) is 16.1 Å². The number of benzene rings is 1. The van der Waals surface area contributed by atoms with Gasteiger partial charge < -0.3 is 11.1 Å². The summed E-state index contributed by atoms with van der Waals surface area (Å²) >= 11 is 0. The summed E-state index contributed by atoms with van der Waals surface area (Å²) in [4.78, 5) is 14.9. The predicted molar refractivity (Wildman–Crippen MR) is 67.2 cm³/mol. The number of nitrogens with one attached hydrogen (secondary N) is 1. The monoisotopic (exact) mass is 245 g/mol. The molecule has 0 fully saturated rings. The lowest BCUT2D eigenvalue weighted by Gasteiger charge is -2.08. The summed E-state index contributed by atoms with van der Waals surface area (Å²) in [5.41, 5.74) is 7.15. The molecule has 2 rings (SSSR count). The number of pyridine rings is 1. The molecule has 1 heterocycles. The Labute approximate surface area is 104 Å². The molecule has 18 heavy (non-hydrogen) atoms. The van der Waals surface area contributed by atoms with Crippen LogP contribution in [0.3, 0.4) is 0 Å². The van der Waals surface area contributed by atoms with Gasteiger partial charge in [-0.3, -0.25) is 9.78 Å². The first-order valence-electron chi connectivity index (χ1n) is 5.35. The molecule has 5 heteroatoms. The van der Waals surface area contributed by atoms with E-state index in [-0.39, 0.29) is 0 Å². The van der Waals surface area contributed by atoms with E-state index in [1.54, 1.807) is 37.3 Å². The van der Waals surface area contributed by atoms with Crippen molar-refractivity contribution in [2.45, 2.75) is 6.92 Å². The molecule has 2 aromatic rings. The van der Waals surface area contributed by atoms with Gasteiger partial charge in [-0.05, 0) is 31.2 Å². The molecular weight excluding hydrogens is 233 g/mol. The molecule has 1 aromatic heterocycles. The first kappa shape index (κ1) is 12.0. The van der Waals surface area contributed by atoms with E-state index in [1.807, 2.05) is 0 Å². The number of aryl methyl sites for hydroxylation is 1. The van der Waals surface area contributed by atoms with Gasteiger partial charge in [0.15, 0.2) is 5.82 Å². The standard InChI is InChI=1S/C13H12FN3O/c1-8-5-12(11(14)7-16-8)17-10-4-2-3-9(6-10)13(15)18/h2-7H,1H3,(H2,15,18)(H,16,17). The molecule has 1 aromatic carbocycles. The zero-order valence-electron chi connectivity index (χ0n) is 9.77. The second kappa shape index (κ2) is 4.83. The van der Waals surface area contributed by atoms with Gasteiger partial charge in [-0.25, -0.2) is 4.39 Å². The van der Waals surface area contributed by atoms with E-state index >= 15 is 0 Å². The molecule has 0 saturated carbocycles. The number of halogens is 1. The molecule has 3 N–H and O–H groups in total.